The third kappa shape index (κ3) is 3.66. The van der Waals surface area contributed by atoms with Crippen LogP contribution in [0.5, 0.6) is 5.75 Å². The standard InChI is InChI=1S/C21H21N5O4S/c1-25-20-17(18(24-25)13-8-6-5-7-9-13)21(27)23-19(22-20)15-11-10-14(12-16(15)30-3)26(2)31(4,28)29/h5-12H,1-4H3,(H,22,23,27). The first-order valence-electron chi connectivity index (χ1n) is 9.35. The topological polar surface area (TPSA) is 110 Å². The van der Waals surface area contributed by atoms with Gasteiger partial charge in [-0.2, -0.15) is 5.10 Å². The molecule has 2 aromatic carbocycles. The molecule has 10 heteroatoms. The van der Waals surface area contributed by atoms with Crippen LogP contribution >= 0.6 is 0 Å². The number of hydrogen-bond acceptors (Lipinski definition) is 6. The van der Waals surface area contributed by atoms with E-state index in [1.54, 1.807) is 29.9 Å². The number of hydrogen-bond donors (Lipinski definition) is 1. The summed E-state index contributed by atoms with van der Waals surface area (Å²) >= 11 is 0. The second kappa shape index (κ2) is 7.55. The minimum absolute atomic E-state index is 0.297. The Morgan fingerprint density at radius 3 is 2.48 bits per heavy atom. The van der Waals surface area contributed by atoms with Crippen LogP contribution in [0, 0.1) is 0 Å². The molecule has 4 rings (SSSR count). The van der Waals surface area contributed by atoms with Crippen molar-refractivity contribution < 1.29 is 13.2 Å². The first kappa shape index (κ1) is 20.6. The highest BCUT2D eigenvalue weighted by Crippen LogP contribution is 2.33. The molecule has 1 N–H and O–H groups in total. The maximum Gasteiger partial charge on any atom is 0.262 e. The van der Waals surface area contributed by atoms with Gasteiger partial charge in [-0.15, -0.1) is 0 Å². The van der Waals surface area contributed by atoms with Crippen LogP contribution in [0.25, 0.3) is 33.7 Å². The molecule has 0 fully saturated rings. The number of aryl methyl sites for hydroxylation is 1. The maximum atomic E-state index is 13.0. The largest absolute Gasteiger partial charge is 0.496 e. The Hall–Kier alpha value is -3.66. The van der Waals surface area contributed by atoms with Gasteiger partial charge in [-0.25, -0.2) is 18.1 Å². The van der Waals surface area contributed by atoms with E-state index in [1.165, 1.54) is 14.2 Å². The summed E-state index contributed by atoms with van der Waals surface area (Å²) in [6, 6.07) is 14.3. The van der Waals surface area contributed by atoms with Crippen LogP contribution in [-0.4, -0.2) is 48.6 Å². The van der Waals surface area contributed by atoms with Crippen molar-refractivity contribution in [2.45, 2.75) is 0 Å². The summed E-state index contributed by atoms with van der Waals surface area (Å²) in [5.41, 5.74) is 2.42. The summed E-state index contributed by atoms with van der Waals surface area (Å²) in [6.45, 7) is 0. The van der Waals surface area contributed by atoms with Crippen molar-refractivity contribution in [3.8, 4) is 28.4 Å². The first-order chi connectivity index (χ1) is 14.7. The minimum Gasteiger partial charge on any atom is -0.496 e. The Bertz CT molecular complexity index is 1440. The summed E-state index contributed by atoms with van der Waals surface area (Å²) in [7, 11) is 1.22. The molecule has 160 valence electrons. The third-order valence-corrected chi connectivity index (χ3v) is 6.25. The molecule has 0 spiro atoms. The predicted molar refractivity (Wildman–Crippen MR) is 120 cm³/mol. The van der Waals surface area contributed by atoms with Gasteiger partial charge in [0.2, 0.25) is 10.0 Å². The fourth-order valence-corrected chi connectivity index (χ4v) is 3.84. The molecule has 0 radical (unpaired) electrons. The second-order valence-electron chi connectivity index (χ2n) is 7.07. The Morgan fingerprint density at radius 1 is 1.13 bits per heavy atom. The van der Waals surface area contributed by atoms with E-state index < -0.39 is 10.0 Å². The molecule has 9 nitrogen and oxygen atoms in total. The SMILES string of the molecule is COc1cc(N(C)S(C)(=O)=O)ccc1-c1nc2c(c(-c3ccccc3)nn2C)c(=O)[nH]1. The van der Waals surface area contributed by atoms with Gasteiger partial charge in [-0.3, -0.25) is 9.10 Å². The van der Waals surface area contributed by atoms with E-state index in [4.69, 9.17) is 4.74 Å². The number of aromatic nitrogens is 4. The van der Waals surface area contributed by atoms with Crippen molar-refractivity contribution in [1.29, 1.82) is 0 Å². The molecule has 0 bridgehead atoms. The Balaban J connectivity index is 1.88. The van der Waals surface area contributed by atoms with Crippen LogP contribution in [0.4, 0.5) is 5.69 Å². The van der Waals surface area contributed by atoms with Crippen molar-refractivity contribution in [2.24, 2.45) is 7.05 Å². The van der Waals surface area contributed by atoms with Gasteiger partial charge in [0.05, 0.1) is 24.6 Å². The highest BCUT2D eigenvalue weighted by atomic mass is 32.2. The van der Waals surface area contributed by atoms with Crippen molar-refractivity contribution in [1.82, 2.24) is 19.7 Å². The quantitative estimate of drug-likeness (QED) is 0.511. The smallest absolute Gasteiger partial charge is 0.262 e. The van der Waals surface area contributed by atoms with Gasteiger partial charge in [0.1, 0.15) is 22.7 Å². The molecule has 4 aromatic rings. The van der Waals surface area contributed by atoms with E-state index in [0.717, 1.165) is 16.1 Å². The van der Waals surface area contributed by atoms with Gasteiger partial charge in [-0.1, -0.05) is 30.3 Å². The lowest BCUT2D eigenvalue weighted by atomic mass is 10.1. The summed E-state index contributed by atoms with van der Waals surface area (Å²) < 4.78 is 31.9. The number of rotatable bonds is 5. The van der Waals surface area contributed by atoms with Crippen LogP contribution in [0.15, 0.2) is 53.3 Å². The molecule has 0 atom stereocenters. The van der Waals surface area contributed by atoms with Gasteiger partial charge in [0.15, 0.2) is 5.65 Å². The zero-order valence-corrected chi connectivity index (χ0v) is 18.3. The Morgan fingerprint density at radius 2 is 1.84 bits per heavy atom. The number of nitrogens with one attached hydrogen (secondary N) is 1. The first-order valence-corrected chi connectivity index (χ1v) is 11.2. The molecule has 0 saturated heterocycles. The normalized spacial score (nSPS) is 11.6. The minimum atomic E-state index is -3.43. The number of nitrogens with zero attached hydrogens (tertiary/aromatic N) is 4. The molecule has 2 heterocycles. The summed E-state index contributed by atoms with van der Waals surface area (Å²) in [6.07, 6.45) is 1.12. The lowest BCUT2D eigenvalue weighted by Crippen LogP contribution is -2.24. The van der Waals surface area contributed by atoms with Gasteiger partial charge in [-0.05, 0) is 12.1 Å². The number of methoxy groups -OCH3 is 1. The molecule has 2 aromatic heterocycles. The fraction of sp³-hybridized carbons (Fsp3) is 0.190. The zero-order valence-electron chi connectivity index (χ0n) is 17.4. The lowest BCUT2D eigenvalue weighted by Gasteiger charge is -2.18. The van der Waals surface area contributed by atoms with Crippen LogP contribution in [0.3, 0.4) is 0 Å². The monoisotopic (exact) mass is 439 g/mol. The van der Waals surface area contributed by atoms with E-state index in [0.29, 0.717) is 39.6 Å². The molecule has 0 aliphatic rings. The molecular weight excluding hydrogens is 418 g/mol. The van der Waals surface area contributed by atoms with E-state index in [-0.39, 0.29) is 5.56 Å². The van der Waals surface area contributed by atoms with Gasteiger partial charge in [0, 0.05) is 25.7 Å². The van der Waals surface area contributed by atoms with Crippen molar-refractivity contribution in [3.63, 3.8) is 0 Å². The molecule has 0 aliphatic carbocycles. The van der Waals surface area contributed by atoms with E-state index >= 15 is 0 Å². The maximum absolute atomic E-state index is 13.0. The van der Waals surface area contributed by atoms with Crippen LogP contribution in [0.1, 0.15) is 0 Å². The van der Waals surface area contributed by atoms with Gasteiger partial charge in [0.25, 0.3) is 5.56 Å². The number of fused-ring (bicyclic) bond motifs is 1. The Kier molecular flexibility index (Phi) is 5.02. The Labute approximate surface area is 179 Å². The number of benzene rings is 2. The third-order valence-electron chi connectivity index (χ3n) is 5.04. The van der Waals surface area contributed by atoms with E-state index in [1.807, 2.05) is 30.3 Å². The van der Waals surface area contributed by atoms with Crippen molar-refractivity contribution >= 4 is 26.7 Å². The molecule has 31 heavy (non-hydrogen) atoms. The van der Waals surface area contributed by atoms with Gasteiger partial charge >= 0.3 is 0 Å². The summed E-state index contributed by atoms with van der Waals surface area (Å²) in [5.74, 6) is 0.673. The number of anilines is 1. The second-order valence-corrected chi connectivity index (χ2v) is 9.08. The summed E-state index contributed by atoms with van der Waals surface area (Å²) in [5, 5.41) is 4.89. The molecule has 0 unspecified atom stereocenters. The average molecular weight is 439 g/mol. The van der Waals surface area contributed by atoms with Gasteiger partial charge < -0.3 is 9.72 Å². The average Bonchev–Trinajstić information content (AvgIpc) is 3.09. The van der Waals surface area contributed by atoms with Crippen molar-refractivity contribution in [3.05, 3.63) is 58.9 Å². The predicted octanol–water partition coefficient (Wildman–Crippen LogP) is 2.39. The van der Waals surface area contributed by atoms with Crippen LogP contribution < -0.4 is 14.6 Å². The van der Waals surface area contributed by atoms with Crippen LogP contribution in [0.2, 0.25) is 0 Å². The lowest BCUT2D eigenvalue weighted by molar-refractivity contribution is 0.416. The summed E-state index contributed by atoms with van der Waals surface area (Å²) in [4.78, 5) is 20.4. The van der Waals surface area contributed by atoms with Crippen molar-refractivity contribution in [2.75, 3.05) is 24.7 Å². The number of aromatic amines is 1. The number of ether oxygens (including phenoxy) is 1. The number of sulfonamides is 1. The molecular formula is C21H21N5O4S. The zero-order chi connectivity index (χ0) is 22.3. The number of H-pyrrole nitrogens is 1. The highest BCUT2D eigenvalue weighted by Gasteiger charge is 2.20. The molecule has 0 aliphatic heterocycles. The van der Waals surface area contributed by atoms with E-state index in [2.05, 4.69) is 15.1 Å². The van der Waals surface area contributed by atoms with E-state index in [9.17, 15) is 13.2 Å². The molecule has 0 amide bonds. The van der Waals surface area contributed by atoms with Crippen LogP contribution in [-0.2, 0) is 17.1 Å². The fourth-order valence-electron chi connectivity index (χ4n) is 3.34. The molecule has 0 saturated carbocycles. The highest BCUT2D eigenvalue weighted by molar-refractivity contribution is 7.92.